The van der Waals surface area contributed by atoms with Gasteiger partial charge in [0, 0.05) is 5.56 Å². The molecule has 0 aliphatic carbocycles. The fourth-order valence-corrected chi connectivity index (χ4v) is 3.77. The van der Waals surface area contributed by atoms with Crippen LogP contribution in [0.1, 0.15) is 59.1 Å². The standard InChI is InChI=1S/C20H25F9O/c1-14(2,3)11-16(15(4,5)6,18(21,22)23)12-7-9-13(10-8-12)17(30,19(24,25)26)20(27,28)29/h7-10,30H,11H2,1-6H3. The highest BCUT2D eigenvalue weighted by Crippen LogP contribution is 2.58. The highest BCUT2D eigenvalue weighted by atomic mass is 19.4. The van der Waals surface area contributed by atoms with Crippen molar-refractivity contribution in [1.82, 2.24) is 0 Å². The molecule has 1 unspecified atom stereocenters. The van der Waals surface area contributed by atoms with E-state index in [4.69, 9.17) is 0 Å². The van der Waals surface area contributed by atoms with Crippen molar-refractivity contribution in [3.63, 3.8) is 0 Å². The summed E-state index contributed by atoms with van der Waals surface area (Å²) in [7, 11) is 0. The lowest BCUT2D eigenvalue weighted by atomic mass is 9.56. The van der Waals surface area contributed by atoms with Crippen molar-refractivity contribution >= 4 is 0 Å². The second-order valence-electron chi connectivity index (χ2n) is 9.67. The molecular formula is C20H25F9O. The molecule has 0 amide bonds. The van der Waals surface area contributed by atoms with Crippen LogP contribution in [0.5, 0.6) is 0 Å². The maximum atomic E-state index is 14.4. The molecule has 0 fully saturated rings. The average molecular weight is 452 g/mol. The Morgan fingerprint density at radius 2 is 0.933 bits per heavy atom. The summed E-state index contributed by atoms with van der Waals surface area (Å²) in [5.41, 5.74) is -12.2. The maximum absolute atomic E-state index is 14.4. The van der Waals surface area contributed by atoms with E-state index in [-0.39, 0.29) is 12.1 Å². The van der Waals surface area contributed by atoms with Crippen LogP contribution in [0.3, 0.4) is 0 Å². The van der Waals surface area contributed by atoms with E-state index >= 15 is 0 Å². The van der Waals surface area contributed by atoms with Crippen LogP contribution in [-0.4, -0.2) is 23.6 Å². The molecule has 1 aromatic carbocycles. The minimum absolute atomic E-state index is 0.255. The third-order valence-corrected chi connectivity index (χ3v) is 5.18. The van der Waals surface area contributed by atoms with Crippen LogP contribution in [0, 0.1) is 10.8 Å². The van der Waals surface area contributed by atoms with Gasteiger partial charge in [-0.2, -0.15) is 39.5 Å². The molecule has 0 saturated carbocycles. The van der Waals surface area contributed by atoms with Crippen LogP contribution in [0.15, 0.2) is 24.3 Å². The average Bonchev–Trinajstić information content (AvgIpc) is 2.46. The summed E-state index contributed by atoms with van der Waals surface area (Å²) in [6, 6.07) is 1.68. The molecule has 0 aromatic heterocycles. The predicted octanol–water partition coefficient (Wildman–Crippen LogP) is 7.28. The molecule has 0 bridgehead atoms. The van der Waals surface area contributed by atoms with Gasteiger partial charge in [0.2, 0.25) is 0 Å². The number of aliphatic hydroxyl groups is 1. The zero-order valence-electron chi connectivity index (χ0n) is 17.4. The van der Waals surface area contributed by atoms with Gasteiger partial charge in [0.25, 0.3) is 5.60 Å². The molecule has 1 nitrogen and oxygen atoms in total. The number of halogens is 9. The number of hydrogen-bond acceptors (Lipinski definition) is 1. The Morgan fingerprint density at radius 3 is 1.17 bits per heavy atom. The monoisotopic (exact) mass is 452 g/mol. The smallest absolute Gasteiger partial charge is 0.369 e. The Kier molecular flexibility index (Phi) is 6.48. The summed E-state index contributed by atoms with van der Waals surface area (Å²) >= 11 is 0. The summed E-state index contributed by atoms with van der Waals surface area (Å²) in [6.07, 6.45) is -17.6. The third kappa shape index (κ3) is 4.43. The van der Waals surface area contributed by atoms with Crippen LogP contribution in [-0.2, 0) is 11.0 Å². The lowest BCUT2D eigenvalue weighted by Gasteiger charge is -2.49. The lowest BCUT2D eigenvalue weighted by Crippen LogP contribution is -2.55. The molecule has 0 heterocycles. The molecular weight excluding hydrogens is 427 g/mol. The molecule has 10 heteroatoms. The van der Waals surface area contributed by atoms with Gasteiger partial charge in [-0.3, -0.25) is 0 Å². The van der Waals surface area contributed by atoms with E-state index < -0.39 is 57.9 Å². The Morgan fingerprint density at radius 1 is 0.600 bits per heavy atom. The second kappa shape index (κ2) is 7.31. The van der Waals surface area contributed by atoms with Gasteiger partial charge in [0.15, 0.2) is 0 Å². The predicted molar refractivity (Wildman–Crippen MR) is 93.7 cm³/mol. The maximum Gasteiger partial charge on any atom is 0.430 e. The molecule has 1 rings (SSSR count). The molecule has 30 heavy (non-hydrogen) atoms. The number of rotatable bonds is 3. The van der Waals surface area contributed by atoms with Gasteiger partial charge in [-0.25, -0.2) is 0 Å². The van der Waals surface area contributed by atoms with Gasteiger partial charge in [-0.05, 0) is 22.8 Å². The number of alkyl halides is 9. The van der Waals surface area contributed by atoms with Gasteiger partial charge in [0.05, 0.1) is 5.41 Å². The van der Waals surface area contributed by atoms with E-state index in [9.17, 15) is 44.6 Å². The zero-order chi connectivity index (χ0) is 24.2. The number of benzene rings is 1. The fourth-order valence-electron chi connectivity index (χ4n) is 3.77. The molecule has 1 atom stereocenters. The second-order valence-corrected chi connectivity index (χ2v) is 9.67. The van der Waals surface area contributed by atoms with Crippen molar-refractivity contribution in [3.05, 3.63) is 35.4 Å². The SMILES string of the molecule is CC(C)(C)CC(c1ccc(C(O)(C(F)(F)F)C(F)(F)F)cc1)(C(C)(C)C)C(F)(F)F. The minimum atomic E-state index is -6.12. The molecule has 1 aromatic rings. The van der Waals surface area contributed by atoms with Crippen molar-refractivity contribution < 1.29 is 44.6 Å². The summed E-state index contributed by atoms with van der Waals surface area (Å²) in [5.74, 6) is 0. The first-order valence-corrected chi connectivity index (χ1v) is 8.95. The van der Waals surface area contributed by atoms with Crippen LogP contribution < -0.4 is 0 Å². The van der Waals surface area contributed by atoms with Gasteiger partial charge in [0.1, 0.15) is 0 Å². The van der Waals surface area contributed by atoms with E-state index in [1.54, 1.807) is 20.8 Å². The van der Waals surface area contributed by atoms with Gasteiger partial charge in [-0.15, -0.1) is 0 Å². The summed E-state index contributed by atoms with van der Waals surface area (Å²) in [4.78, 5) is 0. The summed E-state index contributed by atoms with van der Waals surface area (Å²) in [5, 5.41) is 9.48. The molecule has 1 N–H and O–H groups in total. The lowest BCUT2D eigenvalue weighted by molar-refractivity contribution is -0.376. The van der Waals surface area contributed by atoms with E-state index in [0.717, 1.165) is 0 Å². The summed E-state index contributed by atoms with van der Waals surface area (Å²) in [6.45, 7) is 8.59. The Bertz CT molecular complexity index is 698. The highest BCUT2D eigenvalue weighted by molar-refractivity contribution is 5.37. The highest BCUT2D eigenvalue weighted by Gasteiger charge is 2.71. The first kappa shape index (κ1) is 26.6. The van der Waals surface area contributed by atoms with E-state index in [1.807, 2.05) is 0 Å². The number of hydrogen-bond donors (Lipinski definition) is 1. The Balaban J connectivity index is 3.82. The van der Waals surface area contributed by atoms with E-state index in [0.29, 0.717) is 12.1 Å². The van der Waals surface area contributed by atoms with Gasteiger partial charge < -0.3 is 5.11 Å². The van der Waals surface area contributed by atoms with Crippen molar-refractivity contribution in [2.45, 2.75) is 77.5 Å². The van der Waals surface area contributed by atoms with Crippen molar-refractivity contribution in [3.8, 4) is 0 Å². The third-order valence-electron chi connectivity index (χ3n) is 5.18. The van der Waals surface area contributed by atoms with E-state index in [2.05, 4.69) is 0 Å². The van der Waals surface area contributed by atoms with Crippen molar-refractivity contribution in [2.75, 3.05) is 0 Å². The zero-order valence-corrected chi connectivity index (χ0v) is 17.4. The molecule has 0 spiro atoms. The van der Waals surface area contributed by atoms with Crippen LogP contribution in [0.4, 0.5) is 39.5 Å². The van der Waals surface area contributed by atoms with Crippen LogP contribution in [0.25, 0.3) is 0 Å². The largest absolute Gasteiger partial charge is 0.430 e. The van der Waals surface area contributed by atoms with Gasteiger partial charge in [-0.1, -0.05) is 65.8 Å². The quantitative estimate of drug-likeness (QED) is 0.478. The van der Waals surface area contributed by atoms with E-state index in [1.165, 1.54) is 20.8 Å². The van der Waals surface area contributed by atoms with Crippen LogP contribution >= 0.6 is 0 Å². The Hall–Kier alpha value is -1.45. The fraction of sp³-hybridized carbons (Fsp3) is 0.700. The van der Waals surface area contributed by atoms with Crippen molar-refractivity contribution in [1.29, 1.82) is 0 Å². The molecule has 174 valence electrons. The first-order chi connectivity index (χ1) is 12.9. The van der Waals surface area contributed by atoms with Crippen LogP contribution in [0.2, 0.25) is 0 Å². The molecule has 0 radical (unpaired) electrons. The summed E-state index contributed by atoms with van der Waals surface area (Å²) < 4.78 is 122. The molecule has 0 aliphatic rings. The van der Waals surface area contributed by atoms with Crippen molar-refractivity contribution in [2.24, 2.45) is 10.8 Å². The first-order valence-electron chi connectivity index (χ1n) is 8.95. The normalized spacial score (nSPS) is 17.1. The molecule has 0 aliphatic heterocycles. The topological polar surface area (TPSA) is 20.2 Å². The molecule has 0 saturated heterocycles. The minimum Gasteiger partial charge on any atom is -0.369 e. The Labute approximate surface area is 169 Å². The van der Waals surface area contributed by atoms with Gasteiger partial charge >= 0.3 is 18.5 Å².